The van der Waals surface area contributed by atoms with E-state index in [-0.39, 0.29) is 22.5 Å². The van der Waals surface area contributed by atoms with E-state index >= 15 is 0 Å². The second-order valence-electron chi connectivity index (χ2n) is 21.4. The van der Waals surface area contributed by atoms with E-state index in [1.165, 1.54) is 22.3 Å². The lowest BCUT2D eigenvalue weighted by Crippen LogP contribution is -2.32. The van der Waals surface area contributed by atoms with E-state index in [1.54, 1.807) is 30.6 Å². The fourth-order valence-electron chi connectivity index (χ4n) is 11.2. The van der Waals surface area contributed by atoms with Gasteiger partial charge in [0.15, 0.2) is 18.6 Å². The van der Waals surface area contributed by atoms with Crippen LogP contribution in [0.1, 0.15) is 131 Å². The van der Waals surface area contributed by atoms with Crippen LogP contribution in [0.3, 0.4) is 0 Å². The second kappa shape index (κ2) is 19.4. The summed E-state index contributed by atoms with van der Waals surface area (Å²) < 4.78 is 122. The highest BCUT2D eigenvalue weighted by atomic mass is 14.9. The van der Waals surface area contributed by atoms with Crippen molar-refractivity contribution in [3.8, 4) is 67.2 Å². The van der Waals surface area contributed by atoms with Crippen molar-refractivity contribution in [2.75, 3.05) is 0 Å². The largest absolute Gasteiger partial charge is 0.257 e. The van der Waals surface area contributed by atoms with Crippen LogP contribution in [0.25, 0.3) is 67.2 Å². The number of fused-ring (bicyclic) bond motifs is 9. The number of rotatable bonds is 4. The lowest BCUT2D eigenvalue weighted by molar-refractivity contribution is -0.660. The first-order valence-corrected chi connectivity index (χ1v) is 25.2. The van der Waals surface area contributed by atoms with Gasteiger partial charge in [0, 0.05) is 126 Å². The maximum absolute atomic E-state index is 8.04. The zero-order valence-electron chi connectivity index (χ0n) is 59.1. The predicted octanol–water partition coefficient (Wildman–Crippen LogP) is 13.8. The van der Waals surface area contributed by atoms with Gasteiger partial charge in [-0.1, -0.05) is 57.2 Å². The molecule has 0 atom stereocenters. The summed E-state index contributed by atoms with van der Waals surface area (Å²) in [6.07, 6.45) is 7.99. The molecule has 0 radical (unpaired) electrons. The Morgan fingerprint density at radius 2 is 0.838 bits per heavy atom. The van der Waals surface area contributed by atoms with Crippen molar-refractivity contribution in [1.29, 1.82) is 0 Å². The molecule has 0 spiro atoms. The lowest BCUT2D eigenvalue weighted by Gasteiger charge is -2.20. The molecule has 0 aliphatic heterocycles. The molecule has 3 aromatic carbocycles. The summed E-state index contributed by atoms with van der Waals surface area (Å²) in [5.41, 5.74) is 24.7. The highest BCUT2D eigenvalue weighted by Crippen LogP contribution is 2.43. The van der Waals surface area contributed by atoms with E-state index in [2.05, 4.69) is 91.4 Å². The minimum atomic E-state index is -2.23. The zero-order valence-corrected chi connectivity index (χ0v) is 44.1. The Hall–Kier alpha value is -7.44. The number of hydrogen-bond acceptors (Lipinski definition) is 3. The third kappa shape index (κ3) is 9.40. The van der Waals surface area contributed by atoms with Crippen LogP contribution < -0.4 is 13.7 Å². The third-order valence-corrected chi connectivity index (χ3v) is 15.1. The summed E-state index contributed by atoms with van der Waals surface area (Å²) in [5.74, 6) is 0. The number of hydrogen-bond donors (Lipinski definition) is 0. The van der Waals surface area contributed by atoms with E-state index in [0.717, 1.165) is 106 Å². The maximum Gasteiger partial charge on any atom is 0.212 e. The molecule has 6 heterocycles. The van der Waals surface area contributed by atoms with Crippen LogP contribution in [-0.2, 0) is 46.8 Å². The predicted molar refractivity (Wildman–Crippen MR) is 303 cm³/mol. The van der Waals surface area contributed by atoms with Crippen LogP contribution in [0.5, 0.6) is 0 Å². The molecule has 372 valence electrons. The van der Waals surface area contributed by atoms with Crippen LogP contribution in [0.15, 0.2) is 122 Å². The van der Waals surface area contributed by atoms with Gasteiger partial charge in [-0.2, -0.15) is 0 Å². The Labute approximate surface area is 461 Å². The molecule has 0 N–H and O–H groups in total. The summed E-state index contributed by atoms with van der Waals surface area (Å²) >= 11 is 0. The van der Waals surface area contributed by atoms with E-state index < -0.39 is 34.3 Å². The third-order valence-electron chi connectivity index (χ3n) is 15.1. The summed E-state index contributed by atoms with van der Waals surface area (Å²) in [6, 6.07) is 33.1. The highest BCUT2D eigenvalue weighted by molar-refractivity contribution is 5.83. The monoisotopic (exact) mass is 989 g/mol. The minimum Gasteiger partial charge on any atom is -0.257 e. The molecule has 0 bridgehead atoms. The average Bonchev–Trinajstić information content (AvgIpc) is 1.71. The van der Waals surface area contributed by atoms with E-state index in [9.17, 15) is 0 Å². The Kier molecular flexibility index (Phi) is 9.16. The van der Waals surface area contributed by atoms with Gasteiger partial charge in [-0.05, 0) is 177 Å². The van der Waals surface area contributed by atoms with E-state index in [0.29, 0.717) is 36.8 Å². The van der Waals surface area contributed by atoms with Crippen molar-refractivity contribution in [2.45, 2.75) is 108 Å². The van der Waals surface area contributed by atoms with Gasteiger partial charge in [0.1, 0.15) is 21.1 Å². The number of aromatic nitrogens is 6. The molecule has 12 rings (SSSR count). The second-order valence-corrected chi connectivity index (χ2v) is 21.4. The van der Waals surface area contributed by atoms with Crippen LogP contribution in [0.2, 0.25) is 0 Å². The van der Waals surface area contributed by atoms with Crippen LogP contribution >= 0.6 is 0 Å². The number of pyridine rings is 6. The summed E-state index contributed by atoms with van der Waals surface area (Å²) in [6.45, 7) is 3.47. The summed E-state index contributed by atoms with van der Waals surface area (Å²) in [5, 5.41) is 0. The maximum atomic E-state index is 8.04. The molecular weight excluding hydrogens is 901 g/mol. The van der Waals surface area contributed by atoms with Gasteiger partial charge in [-0.15, -0.1) is 0 Å². The average molecular weight is 989 g/mol. The zero-order chi connectivity index (χ0) is 65.0. The molecule has 0 fully saturated rings. The lowest BCUT2D eigenvalue weighted by atomic mass is 9.86. The SMILES string of the molecule is [2H]C([2H])([2H])c1ccc2c(n1)Cc1c-2ccc(-c2cc(C)c(C([2H])([2H])[2H])c[n+]2C)c1C.[2H]C([2H])([2H])c1ccc2c(n1)Cc1c-2ccc(-c2cc(CC(C)(C)C)c(C([2H])([2H])[2H])c[n+]2C)c1C.[2H]C([2H])([2H])c1ccc2c(n1)Cc1c-2ccc(-c2cccc[n+]2C)c1C. The number of benzene rings is 3. The first-order valence-electron chi connectivity index (χ1n) is 32.7. The summed E-state index contributed by atoms with van der Waals surface area (Å²) in [7, 11) is 5.79. The minimum absolute atomic E-state index is 0.0576. The van der Waals surface area contributed by atoms with Crippen molar-refractivity contribution < 1.29 is 34.3 Å². The van der Waals surface area contributed by atoms with Gasteiger partial charge in [0.25, 0.3) is 0 Å². The number of nitrogens with zero attached hydrogens (tertiary/aromatic N) is 6. The molecule has 3 aliphatic carbocycles. The fraction of sp³-hybridized carbons (Fsp3) is 0.294. The molecule has 6 heteroatoms. The van der Waals surface area contributed by atoms with Gasteiger partial charge in [0.05, 0.1) is 17.1 Å². The van der Waals surface area contributed by atoms with E-state index in [1.807, 2.05) is 98.0 Å². The Morgan fingerprint density at radius 3 is 1.26 bits per heavy atom. The van der Waals surface area contributed by atoms with Gasteiger partial charge in [-0.3, -0.25) is 15.0 Å². The van der Waals surface area contributed by atoms with Crippen molar-refractivity contribution in [3.05, 3.63) is 212 Å². The van der Waals surface area contributed by atoms with Gasteiger partial charge in [-0.25, -0.2) is 13.7 Å². The normalized spacial score (nSPS) is 16.3. The van der Waals surface area contributed by atoms with Crippen LogP contribution in [-0.4, -0.2) is 15.0 Å². The first kappa shape index (κ1) is 34.9. The highest BCUT2D eigenvalue weighted by Gasteiger charge is 2.29. The van der Waals surface area contributed by atoms with Crippen molar-refractivity contribution in [2.24, 2.45) is 26.6 Å². The molecule has 0 saturated heterocycles. The van der Waals surface area contributed by atoms with Crippen molar-refractivity contribution in [3.63, 3.8) is 0 Å². The smallest absolute Gasteiger partial charge is 0.212 e. The summed E-state index contributed by atoms with van der Waals surface area (Å²) in [4.78, 5) is 13.3. The van der Waals surface area contributed by atoms with Gasteiger partial charge < -0.3 is 0 Å². The molecule has 0 amide bonds. The Morgan fingerprint density at radius 1 is 0.432 bits per heavy atom. The molecule has 0 saturated carbocycles. The molecule has 74 heavy (non-hydrogen) atoms. The van der Waals surface area contributed by atoms with Crippen LogP contribution in [0, 0.1) is 67.4 Å². The van der Waals surface area contributed by atoms with E-state index in [4.69, 9.17) is 20.6 Å². The molecule has 0 unspecified atom stereocenters. The molecule has 6 aromatic heterocycles. The Bertz CT molecular complexity index is 4320. The van der Waals surface area contributed by atoms with Gasteiger partial charge in [0.2, 0.25) is 17.1 Å². The molecular formula is C68H73N6+3. The number of aryl methyl sites for hydroxylation is 9. The fourth-order valence-corrected chi connectivity index (χ4v) is 11.2. The van der Waals surface area contributed by atoms with Crippen molar-refractivity contribution in [1.82, 2.24) is 15.0 Å². The first-order chi connectivity index (χ1) is 41.3. The Balaban J connectivity index is 0.000000149. The standard InChI is InChI=1S/C26H31N2.C22H23N2.C20H19N2/c1-16-15-28(7)25(12-19(16)14-26(4,5)6)20-10-11-21-22-9-8-17(2)27-24(22)13-23(21)18(20)3;1-13-10-22(24(5)12-14(13)2)17-8-9-18-19-7-6-15(3)23-21(19)11-20(18)16(17)4;1-13-7-8-17-16-10-9-15(20-6-4-5-11-22(20)3)14(2)18(16)12-19(17)21-13/h8-12,15H,13-14H2,1-7H3;6-10,12H,11H2,1-5H3;4-11H,12H2,1-3H3/q3*+1/i1D3,2D3;2D3,3D3;1D3. The molecule has 9 aromatic rings. The van der Waals surface area contributed by atoms with Crippen molar-refractivity contribution >= 4 is 0 Å². The molecule has 3 aliphatic rings. The van der Waals surface area contributed by atoms with Crippen LogP contribution in [0.4, 0.5) is 0 Å². The quantitative estimate of drug-likeness (QED) is 0.165. The topological polar surface area (TPSA) is 50.3 Å². The molecule has 6 nitrogen and oxygen atoms in total. The van der Waals surface area contributed by atoms with Gasteiger partial charge >= 0.3 is 0 Å².